The molecule has 1 amide bonds. The average molecular weight is 284 g/mol. The van der Waals surface area contributed by atoms with Gasteiger partial charge in [0.1, 0.15) is 0 Å². The summed E-state index contributed by atoms with van der Waals surface area (Å²) in [6, 6.07) is 1.27. The van der Waals surface area contributed by atoms with Gasteiger partial charge in [-0.25, -0.2) is 4.79 Å². The smallest absolute Gasteiger partial charge is 0.374 e. The fourth-order valence-corrected chi connectivity index (χ4v) is 3.06. The van der Waals surface area contributed by atoms with Crippen LogP contribution in [-0.2, 0) is 0 Å². The molecule has 1 heterocycles. The number of carbonyl (C=O) groups is 2. The third kappa shape index (κ3) is 3.50. The Kier molecular flexibility index (Phi) is 4.47. The van der Waals surface area contributed by atoms with Crippen molar-refractivity contribution in [2.24, 2.45) is 0 Å². The van der Waals surface area contributed by atoms with Crippen molar-refractivity contribution in [2.45, 2.75) is 37.0 Å². The summed E-state index contributed by atoms with van der Waals surface area (Å²) < 4.78 is 4.56. The highest BCUT2D eigenvalue weighted by Gasteiger charge is 2.24. The number of thioether (sulfide) groups is 1. The number of hydrogen-bond acceptors (Lipinski definition) is 5. The third-order valence-corrected chi connectivity index (χ3v) is 4.34. The van der Waals surface area contributed by atoms with Gasteiger partial charge in [-0.2, -0.15) is 11.8 Å². The van der Waals surface area contributed by atoms with E-state index in [2.05, 4.69) is 21.3 Å². The summed E-state index contributed by atoms with van der Waals surface area (Å²) >= 11 is 1.82. The van der Waals surface area contributed by atoms with Gasteiger partial charge >= 0.3 is 5.97 Å². The Morgan fingerprint density at radius 2 is 2.32 bits per heavy atom. The van der Waals surface area contributed by atoms with Crippen LogP contribution in [0.2, 0.25) is 0 Å². The molecular weight excluding hydrogens is 268 g/mol. The maximum Gasteiger partial charge on any atom is 0.374 e. The summed E-state index contributed by atoms with van der Waals surface area (Å²) in [6.07, 6.45) is 6.24. The lowest BCUT2D eigenvalue weighted by atomic mass is 9.95. The number of carboxylic acids is 1. The Morgan fingerprint density at radius 3 is 2.95 bits per heavy atom. The molecule has 19 heavy (non-hydrogen) atoms. The van der Waals surface area contributed by atoms with Gasteiger partial charge in [0.15, 0.2) is 5.69 Å². The van der Waals surface area contributed by atoms with E-state index in [1.165, 1.54) is 6.42 Å². The molecule has 2 rings (SSSR count). The van der Waals surface area contributed by atoms with E-state index in [0.29, 0.717) is 5.25 Å². The van der Waals surface area contributed by atoms with E-state index < -0.39 is 5.97 Å². The summed E-state index contributed by atoms with van der Waals surface area (Å²) in [7, 11) is 0. The molecule has 0 radical (unpaired) electrons. The Balaban J connectivity index is 1.94. The fraction of sp³-hybridized carbons (Fsp3) is 0.583. The third-order valence-electron chi connectivity index (χ3n) is 3.25. The van der Waals surface area contributed by atoms with Crippen LogP contribution in [-0.4, -0.2) is 39.7 Å². The molecule has 0 aliphatic heterocycles. The highest BCUT2D eigenvalue weighted by Crippen LogP contribution is 2.27. The number of nitrogens with zero attached hydrogens (tertiary/aromatic N) is 1. The second kappa shape index (κ2) is 6.10. The predicted octanol–water partition coefficient (Wildman–Crippen LogP) is 1.78. The van der Waals surface area contributed by atoms with E-state index in [1.54, 1.807) is 0 Å². The lowest BCUT2D eigenvalue weighted by molar-refractivity contribution is 0.0651. The maximum absolute atomic E-state index is 11.9. The van der Waals surface area contributed by atoms with Crippen LogP contribution in [0.25, 0.3) is 0 Å². The van der Waals surface area contributed by atoms with Gasteiger partial charge < -0.3 is 14.9 Å². The molecule has 1 aliphatic rings. The normalized spacial score (nSPS) is 23.0. The zero-order valence-corrected chi connectivity index (χ0v) is 11.4. The summed E-state index contributed by atoms with van der Waals surface area (Å²) in [5.41, 5.74) is 0.0173. The van der Waals surface area contributed by atoms with Gasteiger partial charge in [-0.1, -0.05) is 11.6 Å². The molecule has 1 aliphatic carbocycles. The lowest BCUT2D eigenvalue weighted by Gasteiger charge is -2.28. The van der Waals surface area contributed by atoms with E-state index >= 15 is 0 Å². The first-order valence-corrected chi connectivity index (χ1v) is 7.42. The van der Waals surface area contributed by atoms with Crippen LogP contribution in [0.4, 0.5) is 0 Å². The van der Waals surface area contributed by atoms with Crippen LogP contribution < -0.4 is 5.32 Å². The Bertz CT molecular complexity index is 474. The molecule has 2 N–H and O–H groups in total. The highest BCUT2D eigenvalue weighted by molar-refractivity contribution is 7.99. The topological polar surface area (TPSA) is 92.4 Å². The van der Waals surface area contributed by atoms with Crippen molar-refractivity contribution in [3.05, 3.63) is 17.5 Å². The van der Waals surface area contributed by atoms with Gasteiger partial charge in [-0.05, 0) is 25.5 Å². The monoisotopic (exact) mass is 284 g/mol. The van der Waals surface area contributed by atoms with Crippen molar-refractivity contribution in [1.82, 2.24) is 10.5 Å². The number of carbonyl (C=O) groups excluding carboxylic acids is 1. The van der Waals surface area contributed by atoms with Gasteiger partial charge in [0.05, 0.1) is 0 Å². The van der Waals surface area contributed by atoms with Crippen LogP contribution in [0.15, 0.2) is 10.6 Å². The number of hydrogen-bond donors (Lipinski definition) is 2. The number of aromatic nitrogens is 1. The quantitative estimate of drug-likeness (QED) is 0.875. The van der Waals surface area contributed by atoms with Crippen LogP contribution in [0.5, 0.6) is 0 Å². The SMILES string of the molecule is CSC1CCCC(NC(=O)c2cc(C(=O)O)on2)C1. The number of carboxylic acid groups (broad SMARTS) is 1. The first-order valence-electron chi connectivity index (χ1n) is 6.14. The molecule has 104 valence electrons. The predicted molar refractivity (Wildman–Crippen MR) is 70.5 cm³/mol. The molecule has 0 bridgehead atoms. The minimum absolute atomic E-state index is 0.0173. The largest absolute Gasteiger partial charge is 0.475 e. The minimum Gasteiger partial charge on any atom is -0.475 e. The fourth-order valence-electron chi connectivity index (χ4n) is 2.23. The molecule has 0 spiro atoms. The van der Waals surface area contributed by atoms with E-state index in [9.17, 15) is 9.59 Å². The number of amides is 1. The van der Waals surface area contributed by atoms with E-state index in [0.717, 1.165) is 25.3 Å². The number of aromatic carboxylic acids is 1. The van der Waals surface area contributed by atoms with Crippen LogP contribution >= 0.6 is 11.8 Å². The minimum atomic E-state index is -1.23. The molecule has 2 atom stereocenters. The molecule has 0 aromatic carbocycles. The molecule has 6 nitrogen and oxygen atoms in total. The Hall–Kier alpha value is -1.50. The summed E-state index contributed by atoms with van der Waals surface area (Å²) in [6.45, 7) is 0. The zero-order chi connectivity index (χ0) is 13.8. The molecule has 1 saturated carbocycles. The van der Waals surface area contributed by atoms with E-state index in [4.69, 9.17) is 5.11 Å². The van der Waals surface area contributed by atoms with Gasteiger partial charge in [0.2, 0.25) is 5.76 Å². The van der Waals surface area contributed by atoms with Crippen molar-refractivity contribution in [3.63, 3.8) is 0 Å². The Labute approximate surface area is 114 Å². The maximum atomic E-state index is 11.9. The van der Waals surface area contributed by atoms with Crippen molar-refractivity contribution in [3.8, 4) is 0 Å². The molecule has 1 aromatic rings. The molecule has 0 saturated heterocycles. The first kappa shape index (κ1) is 13.9. The van der Waals surface area contributed by atoms with Crippen LogP contribution in [0.1, 0.15) is 46.7 Å². The molecule has 1 aromatic heterocycles. The standard InChI is InChI=1S/C12H16N2O4S/c1-19-8-4-2-3-7(5-8)13-11(15)9-6-10(12(16)17)18-14-9/h6-8H,2-5H2,1H3,(H,13,15)(H,16,17). The number of rotatable bonds is 4. The van der Waals surface area contributed by atoms with E-state index in [-0.39, 0.29) is 23.4 Å². The second-order valence-corrected chi connectivity index (χ2v) is 5.71. The van der Waals surface area contributed by atoms with Crippen molar-refractivity contribution in [1.29, 1.82) is 0 Å². The molecular formula is C12H16N2O4S. The van der Waals surface area contributed by atoms with Gasteiger partial charge in [-0.15, -0.1) is 0 Å². The summed E-state index contributed by atoms with van der Waals surface area (Å²) in [4.78, 5) is 22.6. The average Bonchev–Trinajstić information content (AvgIpc) is 2.89. The van der Waals surface area contributed by atoms with Gasteiger partial charge in [-0.3, -0.25) is 4.79 Å². The van der Waals surface area contributed by atoms with Crippen molar-refractivity contribution >= 4 is 23.6 Å². The molecule has 1 fully saturated rings. The van der Waals surface area contributed by atoms with Crippen LogP contribution in [0, 0.1) is 0 Å². The second-order valence-electron chi connectivity index (χ2n) is 4.58. The zero-order valence-electron chi connectivity index (χ0n) is 10.6. The first-order chi connectivity index (χ1) is 9.10. The molecule has 7 heteroatoms. The van der Waals surface area contributed by atoms with Crippen LogP contribution in [0.3, 0.4) is 0 Å². The Morgan fingerprint density at radius 1 is 1.53 bits per heavy atom. The van der Waals surface area contributed by atoms with Crippen molar-refractivity contribution < 1.29 is 19.2 Å². The number of nitrogens with one attached hydrogen (secondary N) is 1. The summed E-state index contributed by atoms with van der Waals surface area (Å²) in [5, 5.41) is 15.6. The van der Waals surface area contributed by atoms with E-state index in [1.807, 2.05) is 11.8 Å². The van der Waals surface area contributed by atoms with Gasteiger partial charge in [0.25, 0.3) is 5.91 Å². The lowest BCUT2D eigenvalue weighted by Crippen LogP contribution is -2.39. The summed E-state index contributed by atoms with van der Waals surface area (Å²) in [5.74, 6) is -1.93. The van der Waals surface area contributed by atoms with Gasteiger partial charge in [0, 0.05) is 17.4 Å². The van der Waals surface area contributed by atoms with Crippen molar-refractivity contribution in [2.75, 3.05) is 6.26 Å². The highest BCUT2D eigenvalue weighted by atomic mass is 32.2. The molecule has 2 unspecified atom stereocenters.